The number of nitrogens with one attached hydrogen (secondary N) is 1. The van der Waals surface area contributed by atoms with Crippen LogP contribution in [-0.2, 0) is 11.2 Å². The molecule has 4 nitrogen and oxygen atoms in total. The van der Waals surface area contributed by atoms with Crippen molar-refractivity contribution in [2.75, 3.05) is 6.54 Å². The van der Waals surface area contributed by atoms with E-state index >= 15 is 0 Å². The smallest absolute Gasteiger partial charge is 0.324 e. The molecule has 1 aromatic carbocycles. The van der Waals surface area contributed by atoms with Gasteiger partial charge in [0.05, 0.1) is 0 Å². The third-order valence-corrected chi connectivity index (χ3v) is 2.99. The minimum absolute atomic E-state index is 0.169. The number of likely N-dealkylation sites (N-methyl/N-ethyl adjacent to an activating group) is 1. The van der Waals surface area contributed by atoms with Gasteiger partial charge in [-0.25, -0.2) is 4.79 Å². The van der Waals surface area contributed by atoms with Crippen LogP contribution in [0.4, 0.5) is 4.79 Å². The van der Waals surface area contributed by atoms with Crippen molar-refractivity contribution < 1.29 is 9.59 Å². The fourth-order valence-electron chi connectivity index (χ4n) is 1.91. The zero-order valence-corrected chi connectivity index (χ0v) is 10.2. The molecule has 0 aliphatic carbocycles. The number of rotatable bonds is 3. The van der Waals surface area contributed by atoms with Gasteiger partial charge < -0.3 is 5.32 Å². The van der Waals surface area contributed by atoms with Crippen LogP contribution in [0.5, 0.6) is 0 Å². The minimum Gasteiger partial charge on any atom is -0.325 e. The Hall–Kier alpha value is -1.55. The first kappa shape index (κ1) is 11.9. The summed E-state index contributed by atoms with van der Waals surface area (Å²) in [5.41, 5.74) is 0.939. The number of nitrogens with zero attached hydrogens (tertiary/aromatic N) is 1. The van der Waals surface area contributed by atoms with Crippen LogP contribution in [0.1, 0.15) is 12.5 Å². The maximum Gasteiger partial charge on any atom is 0.324 e. The Bertz CT molecular complexity index is 462. The Morgan fingerprint density at radius 2 is 2.18 bits per heavy atom. The van der Waals surface area contributed by atoms with Crippen molar-refractivity contribution in [2.24, 2.45) is 0 Å². The summed E-state index contributed by atoms with van der Waals surface area (Å²) in [6.07, 6.45) is 0.474. The van der Waals surface area contributed by atoms with Crippen molar-refractivity contribution in [3.63, 3.8) is 0 Å². The fraction of sp³-hybridized carbons (Fsp3) is 0.333. The second kappa shape index (κ2) is 4.75. The second-order valence-corrected chi connectivity index (χ2v) is 4.36. The monoisotopic (exact) mass is 252 g/mol. The minimum atomic E-state index is -0.471. The number of urea groups is 1. The molecule has 0 saturated carbocycles. The van der Waals surface area contributed by atoms with Gasteiger partial charge >= 0.3 is 6.03 Å². The van der Waals surface area contributed by atoms with E-state index in [1.54, 1.807) is 19.1 Å². The van der Waals surface area contributed by atoms with E-state index in [9.17, 15) is 9.59 Å². The summed E-state index contributed by atoms with van der Waals surface area (Å²) >= 11 is 5.87. The molecule has 1 heterocycles. The SMILES string of the molecule is CCN1C(=O)N[C@@H](Cc2cccc(Cl)c2)C1=O. The van der Waals surface area contributed by atoms with Crippen molar-refractivity contribution >= 4 is 23.5 Å². The molecule has 90 valence electrons. The molecule has 0 spiro atoms. The summed E-state index contributed by atoms with van der Waals surface area (Å²) in [4.78, 5) is 24.5. The van der Waals surface area contributed by atoms with E-state index in [2.05, 4.69) is 5.32 Å². The lowest BCUT2D eigenvalue weighted by Crippen LogP contribution is -2.32. The van der Waals surface area contributed by atoms with Gasteiger partial charge in [0.25, 0.3) is 5.91 Å². The molecule has 0 aromatic heterocycles. The van der Waals surface area contributed by atoms with Gasteiger partial charge in [-0.15, -0.1) is 0 Å². The number of halogens is 1. The van der Waals surface area contributed by atoms with E-state index in [1.165, 1.54) is 4.90 Å². The zero-order valence-electron chi connectivity index (χ0n) is 9.44. The maximum atomic E-state index is 11.8. The highest BCUT2D eigenvalue weighted by Crippen LogP contribution is 2.15. The molecular weight excluding hydrogens is 240 g/mol. The Kier molecular flexibility index (Phi) is 3.33. The average molecular weight is 253 g/mol. The van der Waals surface area contributed by atoms with Gasteiger partial charge in [0.1, 0.15) is 6.04 Å². The summed E-state index contributed by atoms with van der Waals surface area (Å²) in [5, 5.41) is 3.30. The molecule has 1 saturated heterocycles. The van der Waals surface area contributed by atoms with Gasteiger partial charge in [-0.1, -0.05) is 23.7 Å². The van der Waals surface area contributed by atoms with Crippen LogP contribution in [-0.4, -0.2) is 29.4 Å². The van der Waals surface area contributed by atoms with E-state index in [4.69, 9.17) is 11.6 Å². The van der Waals surface area contributed by atoms with Crippen molar-refractivity contribution in [2.45, 2.75) is 19.4 Å². The molecule has 1 atom stereocenters. The molecular formula is C12H13ClN2O2. The first-order valence-electron chi connectivity index (χ1n) is 5.48. The number of benzene rings is 1. The molecule has 3 amide bonds. The Morgan fingerprint density at radius 3 is 2.76 bits per heavy atom. The number of hydrogen-bond donors (Lipinski definition) is 1. The Morgan fingerprint density at radius 1 is 1.41 bits per heavy atom. The zero-order chi connectivity index (χ0) is 12.4. The summed E-state index contributed by atoms with van der Waals surface area (Å²) < 4.78 is 0. The van der Waals surface area contributed by atoms with Gasteiger partial charge in [0, 0.05) is 18.0 Å². The van der Waals surface area contributed by atoms with Crippen LogP contribution in [0, 0.1) is 0 Å². The lowest BCUT2D eigenvalue weighted by atomic mass is 10.1. The fourth-order valence-corrected chi connectivity index (χ4v) is 2.13. The maximum absolute atomic E-state index is 11.8. The Labute approximate surface area is 105 Å². The molecule has 1 fully saturated rings. The average Bonchev–Trinajstić information content (AvgIpc) is 2.54. The topological polar surface area (TPSA) is 49.4 Å². The summed E-state index contributed by atoms with van der Waals surface area (Å²) in [7, 11) is 0. The summed E-state index contributed by atoms with van der Waals surface area (Å²) in [6, 6.07) is 6.51. The molecule has 0 unspecified atom stereocenters. The Balaban J connectivity index is 2.11. The quantitative estimate of drug-likeness (QED) is 0.835. The summed E-state index contributed by atoms with van der Waals surface area (Å²) in [5.74, 6) is -0.169. The normalized spacial score (nSPS) is 19.6. The van der Waals surface area contributed by atoms with E-state index in [-0.39, 0.29) is 11.9 Å². The molecule has 1 aromatic rings. The van der Waals surface area contributed by atoms with Crippen LogP contribution in [0.2, 0.25) is 5.02 Å². The van der Waals surface area contributed by atoms with Gasteiger partial charge in [0.15, 0.2) is 0 Å². The molecule has 0 bridgehead atoms. The number of imide groups is 1. The van der Waals surface area contributed by atoms with E-state index in [0.717, 1.165) is 5.56 Å². The van der Waals surface area contributed by atoms with Crippen LogP contribution in [0.15, 0.2) is 24.3 Å². The number of carbonyl (C=O) groups excluding carboxylic acids is 2. The lowest BCUT2D eigenvalue weighted by molar-refractivity contribution is -0.127. The number of carbonyl (C=O) groups is 2. The van der Waals surface area contributed by atoms with Crippen molar-refractivity contribution in [3.8, 4) is 0 Å². The van der Waals surface area contributed by atoms with Gasteiger partial charge in [-0.05, 0) is 24.6 Å². The predicted molar refractivity (Wildman–Crippen MR) is 64.9 cm³/mol. The number of hydrogen-bond acceptors (Lipinski definition) is 2. The molecule has 5 heteroatoms. The highest BCUT2D eigenvalue weighted by molar-refractivity contribution is 6.30. The lowest BCUT2D eigenvalue weighted by Gasteiger charge is -2.09. The third kappa shape index (κ3) is 2.42. The molecule has 1 N–H and O–H groups in total. The summed E-state index contributed by atoms with van der Waals surface area (Å²) in [6.45, 7) is 2.18. The molecule has 1 aliphatic rings. The predicted octanol–water partition coefficient (Wildman–Crippen LogP) is 1.82. The van der Waals surface area contributed by atoms with Crippen LogP contribution in [0.3, 0.4) is 0 Å². The van der Waals surface area contributed by atoms with Gasteiger partial charge in [-0.2, -0.15) is 0 Å². The second-order valence-electron chi connectivity index (χ2n) is 3.92. The molecule has 1 aliphatic heterocycles. The van der Waals surface area contributed by atoms with Crippen molar-refractivity contribution in [1.29, 1.82) is 0 Å². The standard InChI is InChI=1S/C12H13ClN2O2/c1-2-15-11(16)10(14-12(15)17)7-8-4-3-5-9(13)6-8/h3-6,10H,2,7H2,1H3,(H,14,17)/t10-/m0/s1. The molecule has 2 rings (SSSR count). The van der Waals surface area contributed by atoms with Crippen molar-refractivity contribution in [1.82, 2.24) is 10.2 Å². The van der Waals surface area contributed by atoms with Crippen LogP contribution in [0.25, 0.3) is 0 Å². The van der Waals surface area contributed by atoms with E-state index in [0.29, 0.717) is 18.0 Å². The van der Waals surface area contributed by atoms with Crippen molar-refractivity contribution in [3.05, 3.63) is 34.9 Å². The number of amides is 3. The van der Waals surface area contributed by atoms with E-state index < -0.39 is 6.04 Å². The van der Waals surface area contributed by atoms with Crippen LogP contribution < -0.4 is 5.32 Å². The first-order chi connectivity index (χ1) is 8.11. The molecule has 17 heavy (non-hydrogen) atoms. The van der Waals surface area contributed by atoms with Gasteiger partial charge in [-0.3, -0.25) is 9.69 Å². The highest BCUT2D eigenvalue weighted by atomic mass is 35.5. The van der Waals surface area contributed by atoms with E-state index in [1.807, 2.05) is 12.1 Å². The van der Waals surface area contributed by atoms with Gasteiger partial charge in [0.2, 0.25) is 0 Å². The highest BCUT2D eigenvalue weighted by Gasteiger charge is 2.36. The largest absolute Gasteiger partial charge is 0.325 e. The molecule has 0 radical (unpaired) electrons. The third-order valence-electron chi connectivity index (χ3n) is 2.75. The first-order valence-corrected chi connectivity index (χ1v) is 5.86. The van der Waals surface area contributed by atoms with Crippen LogP contribution >= 0.6 is 11.6 Å².